The molecule has 1 amide bonds. The Bertz CT molecular complexity index is 1390. The summed E-state index contributed by atoms with van der Waals surface area (Å²) in [4.78, 5) is 23.3. The molecule has 1 fully saturated rings. The van der Waals surface area contributed by atoms with Crippen LogP contribution in [0.15, 0.2) is 49.1 Å². The van der Waals surface area contributed by atoms with Gasteiger partial charge in [0.1, 0.15) is 25.5 Å². The Morgan fingerprint density at radius 1 is 1.14 bits per heavy atom. The van der Waals surface area contributed by atoms with Crippen molar-refractivity contribution in [1.82, 2.24) is 29.4 Å². The third kappa shape index (κ3) is 5.42. The minimum absolute atomic E-state index is 0.0499. The first kappa shape index (κ1) is 25.1. The average molecular weight is 520 g/mol. The first-order chi connectivity index (χ1) is 17.7. The highest BCUT2D eigenvalue weighted by atomic mass is 28.3. The third-order valence-electron chi connectivity index (χ3n) is 6.49. The van der Waals surface area contributed by atoms with Gasteiger partial charge < -0.3 is 9.47 Å². The van der Waals surface area contributed by atoms with Crippen molar-refractivity contribution in [2.24, 2.45) is 5.92 Å². The summed E-state index contributed by atoms with van der Waals surface area (Å²) in [5, 5.41) is 9.01. The lowest BCUT2D eigenvalue weighted by Gasteiger charge is -2.23. The van der Waals surface area contributed by atoms with Crippen molar-refractivity contribution in [3.05, 3.63) is 49.1 Å². The zero-order valence-electron chi connectivity index (χ0n) is 22.0. The Kier molecular flexibility index (Phi) is 6.82. The molecule has 11 heteroatoms. The number of hydrogen-bond acceptors (Lipinski definition) is 7. The fraction of sp³-hybridized carbons (Fsp3) is 0.423. The smallest absolute Gasteiger partial charge is 0.415 e. The zero-order chi connectivity index (χ0) is 26.2. The Labute approximate surface area is 217 Å². The summed E-state index contributed by atoms with van der Waals surface area (Å²) in [6, 6.07) is 10.9. The minimum Gasteiger partial charge on any atom is -0.447 e. The van der Waals surface area contributed by atoms with E-state index in [0.29, 0.717) is 30.6 Å². The number of nitrogens with zero attached hydrogens (tertiary/aromatic N) is 7. The molecule has 0 unspecified atom stereocenters. The molecule has 0 N–H and O–H groups in total. The number of rotatable bonds is 9. The maximum Gasteiger partial charge on any atom is 0.415 e. The third-order valence-corrected chi connectivity index (χ3v) is 8.19. The molecule has 10 nitrogen and oxygen atoms in total. The molecule has 1 aliphatic rings. The fourth-order valence-corrected chi connectivity index (χ4v) is 4.97. The lowest BCUT2D eigenvalue weighted by atomic mass is 10.0. The van der Waals surface area contributed by atoms with Gasteiger partial charge in [-0.1, -0.05) is 57.8 Å². The Balaban J connectivity index is 1.33. The molecule has 4 aromatic rings. The van der Waals surface area contributed by atoms with Gasteiger partial charge in [-0.2, -0.15) is 5.10 Å². The van der Waals surface area contributed by atoms with E-state index in [-0.39, 0.29) is 18.1 Å². The van der Waals surface area contributed by atoms with Crippen molar-refractivity contribution in [2.75, 3.05) is 18.1 Å². The van der Waals surface area contributed by atoms with Crippen LogP contribution in [0, 0.1) is 5.92 Å². The van der Waals surface area contributed by atoms with E-state index < -0.39 is 8.07 Å². The molecule has 5 rings (SSSR count). The molecule has 1 aliphatic heterocycles. The standard InChI is InChI=1S/C26H33N7O3Si/c1-18(2)22-15-36-26(34)33(22)23-10-11-32-25(29-23)21(14-28-32)19-6-8-20(9-7-19)24-27-16-31(30-24)17-35-12-13-37(3,4)5/h6-11,14,16,18,22H,12-13,15,17H2,1-5H3/t22-/m1/s1. The largest absolute Gasteiger partial charge is 0.447 e. The van der Waals surface area contributed by atoms with Crippen molar-refractivity contribution < 1.29 is 14.3 Å². The molecule has 4 heterocycles. The molecular formula is C26H33N7O3Si. The van der Waals surface area contributed by atoms with Gasteiger partial charge in [0.15, 0.2) is 11.5 Å². The van der Waals surface area contributed by atoms with Crippen LogP contribution in [0.3, 0.4) is 0 Å². The molecule has 0 radical (unpaired) electrons. The van der Waals surface area contributed by atoms with Crippen molar-refractivity contribution in [2.45, 2.75) is 52.3 Å². The number of benzene rings is 1. The number of fused-ring (bicyclic) bond motifs is 1. The predicted octanol–water partition coefficient (Wildman–Crippen LogP) is 4.95. The van der Waals surface area contributed by atoms with Crippen LogP contribution in [0.1, 0.15) is 13.8 Å². The lowest BCUT2D eigenvalue weighted by Crippen LogP contribution is -2.37. The van der Waals surface area contributed by atoms with E-state index in [2.05, 4.69) is 48.7 Å². The van der Waals surface area contributed by atoms with Crippen LogP contribution in [0.4, 0.5) is 10.6 Å². The maximum absolute atomic E-state index is 12.4. The second-order valence-corrected chi connectivity index (χ2v) is 16.5. The highest BCUT2D eigenvalue weighted by molar-refractivity contribution is 6.76. The fourth-order valence-electron chi connectivity index (χ4n) is 4.21. The SMILES string of the molecule is CC(C)[C@H]1COC(=O)N1c1ccn2ncc(-c3ccc(-c4ncn(COCC[Si](C)(C)C)n4)cc3)c2n1. The lowest BCUT2D eigenvalue weighted by molar-refractivity contribution is 0.0785. The van der Waals surface area contributed by atoms with Gasteiger partial charge in [0.25, 0.3) is 0 Å². The van der Waals surface area contributed by atoms with E-state index in [0.717, 1.165) is 29.3 Å². The summed E-state index contributed by atoms with van der Waals surface area (Å²) in [5.41, 5.74) is 3.41. The van der Waals surface area contributed by atoms with E-state index >= 15 is 0 Å². The van der Waals surface area contributed by atoms with Gasteiger partial charge in [0, 0.05) is 32.0 Å². The number of carbonyl (C=O) groups is 1. The second-order valence-electron chi connectivity index (χ2n) is 10.9. The number of amides is 1. The van der Waals surface area contributed by atoms with Crippen LogP contribution in [0.5, 0.6) is 0 Å². The van der Waals surface area contributed by atoms with E-state index in [9.17, 15) is 4.79 Å². The molecule has 1 saturated heterocycles. The van der Waals surface area contributed by atoms with E-state index in [1.807, 2.05) is 30.5 Å². The first-order valence-electron chi connectivity index (χ1n) is 12.6. The Morgan fingerprint density at radius 2 is 1.89 bits per heavy atom. The highest BCUT2D eigenvalue weighted by Crippen LogP contribution is 2.30. The van der Waals surface area contributed by atoms with Crippen molar-refractivity contribution in [3.63, 3.8) is 0 Å². The van der Waals surface area contributed by atoms with E-state index in [1.165, 1.54) is 0 Å². The number of cyclic esters (lactones) is 1. The van der Waals surface area contributed by atoms with Gasteiger partial charge in [-0.15, -0.1) is 5.10 Å². The molecule has 0 saturated carbocycles. The molecule has 1 aromatic carbocycles. The first-order valence-corrected chi connectivity index (χ1v) is 16.3. The molecule has 0 spiro atoms. The molecule has 0 aliphatic carbocycles. The summed E-state index contributed by atoms with van der Waals surface area (Å²) < 4.78 is 14.5. The average Bonchev–Trinajstić information content (AvgIpc) is 3.59. The number of anilines is 1. The Morgan fingerprint density at radius 3 is 2.62 bits per heavy atom. The predicted molar refractivity (Wildman–Crippen MR) is 144 cm³/mol. The van der Waals surface area contributed by atoms with Gasteiger partial charge in [-0.25, -0.2) is 24.0 Å². The number of ether oxygens (including phenoxy) is 2. The second kappa shape index (κ2) is 10.1. The summed E-state index contributed by atoms with van der Waals surface area (Å²) >= 11 is 0. The monoisotopic (exact) mass is 519 g/mol. The van der Waals surface area contributed by atoms with Crippen LogP contribution in [0.2, 0.25) is 25.7 Å². The topological polar surface area (TPSA) is 99.7 Å². The number of aromatic nitrogens is 6. The van der Waals surface area contributed by atoms with Crippen LogP contribution in [-0.2, 0) is 16.2 Å². The number of carbonyl (C=O) groups excluding carboxylic acids is 1. The highest BCUT2D eigenvalue weighted by Gasteiger charge is 2.37. The maximum atomic E-state index is 12.4. The van der Waals surface area contributed by atoms with E-state index in [1.54, 1.807) is 32.7 Å². The van der Waals surface area contributed by atoms with Crippen LogP contribution in [0.25, 0.3) is 28.2 Å². The van der Waals surface area contributed by atoms with Crippen molar-refractivity contribution >= 4 is 25.6 Å². The van der Waals surface area contributed by atoms with Crippen molar-refractivity contribution in [1.29, 1.82) is 0 Å². The number of hydrogen-bond donors (Lipinski definition) is 0. The molecule has 194 valence electrons. The quantitative estimate of drug-likeness (QED) is 0.228. The van der Waals surface area contributed by atoms with Gasteiger partial charge in [0.2, 0.25) is 0 Å². The summed E-state index contributed by atoms with van der Waals surface area (Å²) in [6.07, 6.45) is 4.94. The van der Waals surface area contributed by atoms with Gasteiger partial charge in [-0.3, -0.25) is 4.90 Å². The zero-order valence-corrected chi connectivity index (χ0v) is 23.0. The summed E-state index contributed by atoms with van der Waals surface area (Å²) in [5.74, 6) is 1.46. The summed E-state index contributed by atoms with van der Waals surface area (Å²) in [6.45, 7) is 12.7. The minimum atomic E-state index is -1.11. The van der Waals surface area contributed by atoms with Gasteiger partial charge >= 0.3 is 6.09 Å². The van der Waals surface area contributed by atoms with Crippen LogP contribution < -0.4 is 4.90 Å². The molecular weight excluding hydrogens is 486 g/mol. The van der Waals surface area contributed by atoms with Gasteiger partial charge in [-0.05, 0) is 23.6 Å². The van der Waals surface area contributed by atoms with E-state index in [4.69, 9.17) is 14.5 Å². The molecule has 37 heavy (non-hydrogen) atoms. The summed E-state index contributed by atoms with van der Waals surface area (Å²) in [7, 11) is -1.11. The molecule has 0 bridgehead atoms. The molecule has 1 atom stereocenters. The normalized spacial score (nSPS) is 16.2. The Hall–Kier alpha value is -3.57. The van der Waals surface area contributed by atoms with Gasteiger partial charge in [0.05, 0.1) is 12.2 Å². The van der Waals surface area contributed by atoms with Crippen LogP contribution >= 0.6 is 0 Å². The van der Waals surface area contributed by atoms with Crippen LogP contribution in [-0.4, -0.2) is 62.8 Å². The van der Waals surface area contributed by atoms with Crippen molar-refractivity contribution in [3.8, 4) is 22.5 Å². The molecule has 3 aromatic heterocycles.